The number of hydrogen-bond donors (Lipinski definition) is 1. The molecular formula is C17H18FNO4S. The Morgan fingerprint density at radius 1 is 1.42 bits per heavy atom. The van der Waals surface area contributed by atoms with Crippen molar-refractivity contribution in [2.45, 2.75) is 19.9 Å². The van der Waals surface area contributed by atoms with E-state index < -0.39 is 23.7 Å². The zero-order valence-corrected chi connectivity index (χ0v) is 14.2. The fraction of sp³-hybridized carbons (Fsp3) is 0.353. The molecule has 0 spiro atoms. The topological polar surface area (TPSA) is 74.7 Å². The van der Waals surface area contributed by atoms with Crippen molar-refractivity contribution in [3.05, 3.63) is 41.7 Å². The van der Waals surface area contributed by atoms with Crippen LogP contribution in [0.4, 0.5) is 4.39 Å². The minimum atomic E-state index is -1.14. The van der Waals surface area contributed by atoms with Gasteiger partial charge in [-0.1, -0.05) is 30.8 Å². The van der Waals surface area contributed by atoms with E-state index in [1.165, 1.54) is 36.1 Å². The van der Waals surface area contributed by atoms with Crippen molar-refractivity contribution in [1.82, 2.24) is 4.90 Å². The minimum absolute atomic E-state index is 0.0931. The molecule has 1 N–H and O–H groups in total. The average Bonchev–Trinajstić information content (AvgIpc) is 2.97. The first kappa shape index (κ1) is 18.2. The molecule has 1 amide bonds. The monoisotopic (exact) mass is 351 g/mol. The molecule has 128 valence electrons. The van der Waals surface area contributed by atoms with E-state index in [-0.39, 0.29) is 17.6 Å². The molecule has 1 aliphatic heterocycles. The molecule has 0 saturated carbocycles. The molecule has 0 bridgehead atoms. The zero-order valence-electron chi connectivity index (χ0n) is 13.4. The molecular weight excluding hydrogens is 333 g/mol. The smallest absolute Gasteiger partial charge is 0.330 e. The second-order valence-corrected chi connectivity index (χ2v) is 6.85. The summed E-state index contributed by atoms with van der Waals surface area (Å²) in [4.78, 5) is 36.3. The van der Waals surface area contributed by atoms with Gasteiger partial charge < -0.3 is 10.0 Å². The standard InChI is InChI=1S/C17H18FNO4S/c1-10(9-24-11(2)20)16(21)19-8-13(7-15(19)17(22)23)12-4-3-5-14(18)6-12/h3-7,10,15H,8-9H2,1-2H3,(H,22,23). The maximum atomic E-state index is 13.4. The third kappa shape index (κ3) is 4.23. The number of carboxylic acids is 1. The predicted octanol–water partition coefficient (Wildman–Crippen LogP) is 2.42. The highest BCUT2D eigenvalue weighted by molar-refractivity contribution is 8.13. The van der Waals surface area contributed by atoms with Crippen LogP contribution in [-0.2, 0) is 14.4 Å². The first-order valence-electron chi connectivity index (χ1n) is 7.43. The number of carbonyl (C=O) groups is 3. The first-order valence-corrected chi connectivity index (χ1v) is 8.41. The van der Waals surface area contributed by atoms with E-state index in [9.17, 15) is 23.9 Å². The molecule has 0 fully saturated rings. The number of thioether (sulfide) groups is 1. The van der Waals surface area contributed by atoms with Gasteiger partial charge in [0.1, 0.15) is 11.9 Å². The molecule has 0 saturated heterocycles. The number of carboxylic acid groups (broad SMARTS) is 1. The number of aliphatic carboxylic acids is 1. The van der Waals surface area contributed by atoms with Crippen LogP contribution in [-0.4, -0.2) is 45.3 Å². The van der Waals surface area contributed by atoms with Crippen LogP contribution in [0.2, 0.25) is 0 Å². The lowest BCUT2D eigenvalue weighted by atomic mass is 10.1. The molecule has 7 heteroatoms. The van der Waals surface area contributed by atoms with Crippen molar-refractivity contribution in [2.75, 3.05) is 12.3 Å². The van der Waals surface area contributed by atoms with Crippen molar-refractivity contribution < 1.29 is 23.9 Å². The Balaban J connectivity index is 2.18. The lowest BCUT2D eigenvalue weighted by molar-refractivity contribution is -0.148. The molecule has 1 aromatic carbocycles. The van der Waals surface area contributed by atoms with Crippen LogP contribution < -0.4 is 0 Å². The van der Waals surface area contributed by atoms with Gasteiger partial charge in [-0.2, -0.15) is 0 Å². The molecule has 2 unspecified atom stereocenters. The van der Waals surface area contributed by atoms with Crippen LogP contribution >= 0.6 is 11.8 Å². The highest BCUT2D eigenvalue weighted by Gasteiger charge is 2.36. The minimum Gasteiger partial charge on any atom is -0.479 e. The van der Waals surface area contributed by atoms with Gasteiger partial charge in [0.05, 0.1) is 0 Å². The Bertz CT molecular complexity index is 704. The number of benzene rings is 1. The van der Waals surface area contributed by atoms with Gasteiger partial charge in [0.15, 0.2) is 5.12 Å². The van der Waals surface area contributed by atoms with Gasteiger partial charge >= 0.3 is 5.97 Å². The first-order chi connectivity index (χ1) is 11.3. The Kier molecular flexibility index (Phi) is 5.77. The quantitative estimate of drug-likeness (QED) is 0.882. The Morgan fingerprint density at radius 2 is 2.12 bits per heavy atom. The van der Waals surface area contributed by atoms with E-state index in [2.05, 4.69) is 0 Å². The second-order valence-electron chi connectivity index (χ2n) is 5.66. The summed E-state index contributed by atoms with van der Waals surface area (Å²) in [5, 5.41) is 9.29. The van der Waals surface area contributed by atoms with Gasteiger partial charge in [-0.3, -0.25) is 9.59 Å². The van der Waals surface area contributed by atoms with Crippen LogP contribution in [0, 0.1) is 11.7 Å². The summed E-state index contributed by atoms with van der Waals surface area (Å²) in [6, 6.07) is 4.75. The zero-order chi connectivity index (χ0) is 17.9. The van der Waals surface area contributed by atoms with E-state index >= 15 is 0 Å². The Morgan fingerprint density at radius 3 is 2.71 bits per heavy atom. The van der Waals surface area contributed by atoms with Crippen molar-refractivity contribution >= 4 is 34.3 Å². The van der Waals surface area contributed by atoms with E-state index in [0.717, 1.165) is 11.8 Å². The summed E-state index contributed by atoms with van der Waals surface area (Å²) in [7, 11) is 0. The summed E-state index contributed by atoms with van der Waals surface area (Å²) < 4.78 is 13.4. The van der Waals surface area contributed by atoms with Gasteiger partial charge in [-0.15, -0.1) is 0 Å². The molecule has 2 atom stereocenters. The lowest BCUT2D eigenvalue weighted by Gasteiger charge is -2.25. The van der Waals surface area contributed by atoms with E-state index in [1.807, 2.05) is 0 Å². The van der Waals surface area contributed by atoms with Gasteiger partial charge in [-0.05, 0) is 29.3 Å². The van der Waals surface area contributed by atoms with Crippen molar-refractivity contribution in [3.8, 4) is 0 Å². The summed E-state index contributed by atoms with van der Waals surface area (Å²) >= 11 is 1.03. The number of rotatable bonds is 5. The molecule has 0 aliphatic carbocycles. The molecule has 24 heavy (non-hydrogen) atoms. The van der Waals surface area contributed by atoms with Crippen LogP contribution in [0.1, 0.15) is 19.4 Å². The van der Waals surface area contributed by atoms with Crippen LogP contribution in [0.5, 0.6) is 0 Å². The maximum Gasteiger partial charge on any atom is 0.330 e. The van der Waals surface area contributed by atoms with Gasteiger partial charge in [-0.25, -0.2) is 9.18 Å². The van der Waals surface area contributed by atoms with Crippen molar-refractivity contribution in [1.29, 1.82) is 0 Å². The number of amides is 1. The fourth-order valence-corrected chi connectivity index (χ4v) is 3.13. The predicted molar refractivity (Wildman–Crippen MR) is 89.8 cm³/mol. The molecule has 1 aliphatic rings. The van der Waals surface area contributed by atoms with E-state index in [4.69, 9.17) is 0 Å². The van der Waals surface area contributed by atoms with Crippen molar-refractivity contribution in [2.24, 2.45) is 5.92 Å². The number of halogens is 1. The highest BCUT2D eigenvalue weighted by atomic mass is 32.2. The number of nitrogens with zero attached hydrogens (tertiary/aromatic N) is 1. The average molecular weight is 351 g/mol. The lowest BCUT2D eigenvalue weighted by Crippen LogP contribution is -2.44. The highest BCUT2D eigenvalue weighted by Crippen LogP contribution is 2.27. The van der Waals surface area contributed by atoms with Gasteiger partial charge in [0.2, 0.25) is 5.91 Å². The van der Waals surface area contributed by atoms with E-state index in [0.29, 0.717) is 16.9 Å². The SMILES string of the molecule is CC(=O)SCC(C)C(=O)N1CC(c2cccc(F)c2)=CC1C(=O)O. The van der Waals surface area contributed by atoms with Crippen LogP contribution in [0.3, 0.4) is 0 Å². The Hall–Kier alpha value is -2.15. The van der Waals surface area contributed by atoms with E-state index in [1.54, 1.807) is 13.0 Å². The largest absolute Gasteiger partial charge is 0.479 e. The third-order valence-electron chi connectivity index (χ3n) is 3.73. The normalized spacial score (nSPS) is 18.2. The fourth-order valence-electron chi connectivity index (χ4n) is 2.51. The van der Waals surface area contributed by atoms with Gasteiger partial charge in [0.25, 0.3) is 0 Å². The van der Waals surface area contributed by atoms with Crippen LogP contribution in [0.25, 0.3) is 5.57 Å². The van der Waals surface area contributed by atoms with Gasteiger partial charge in [0, 0.05) is 25.1 Å². The summed E-state index contributed by atoms with van der Waals surface area (Å²) in [6.07, 6.45) is 1.47. The molecule has 0 radical (unpaired) electrons. The summed E-state index contributed by atoms with van der Waals surface area (Å²) in [5.74, 6) is -2.08. The molecule has 0 aromatic heterocycles. The Labute approximate surface area is 143 Å². The van der Waals surface area contributed by atoms with Crippen LogP contribution in [0.15, 0.2) is 30.3 Å². The number of hydrogen-bond acceptors (Lipinski definition) is 4. The molecule has 1 heterocycles. The summed E-state index contributed by atoms with van der Waals surface area (Å²) in [5.41, 5.74) is 1.16. The third-order valence-corrected chi connectivity index (χ3v) is 4.80. The van der Waals surface area contributed by atoms with Crippen molar-refractivity contribution in [3.63, 3.8) is 0 Å². The molecule has 2 rings (SSSR count). The number of carbonyl (C=O) groups excluding carboxylic acids is 2. The molecule has 5 nitrogen and oxygen atoms in total. The molecule has 1 aromatic rings. The summed E-state index contributed by atoms with van der Waals surface area (Å²) in [6.45, 7) is 3.19. The second kappa shape index (κ2) is 7.61. The maximum absolute atomic E-state index is 13.4.